The first kappa shape index (κ1) is 22.9. The van der Waals surface area contributed by atoms with Crippen LogP contribution in [0, 0.1) is 0 Å². The monoisotopic (exact) mass is 376 g/mol. The van der Waals surface area contributed by atoms with Crippen LogP contribution in [0.15, 0.2) is 36.9 Å². The first-order valence-corrected chi connectivity index (χ1v) is 9.24. The largest absolute Gasteiger partial charge is 0.464 e. The van der Waals surface area contributed by atoms with Crippen molar-refractivity contribution in [1.29, 1.82) is 0 Å². The molecular weight excluding hydrogens is 344 g/mol. The van der Waals surface area contributed by atoms with E-state index in [1.54, 1.807) is 6.08 Å². The molecule has 0 aliphatic heterocycles. The number of carbonyl (C=O) groups excluding carboxylic acids is 2. The third-order valence-electron chi connectivity index (χ3n) is 4.88. The summed E-state index contributed by atoms with van der Waals surface area (Å²) >= 11 is 0. The number of benzene rings is 1. The minimum absolute atomic E-state index is 0.0142. The highest BCUT2D eigenvalue weighted by atomic mass is 16.5. The molecular formula is C21H32N2O4. The minimum Gasteiger partial charge on any atom is -0.464 e. The molecule has 0 saturated heterocycles. The second kappa shape index (κ2) is 10.8. The molecule has 6 heteroatoms. The fourth-order valence-electron chi connectivity index (χ4n) is 3.22. The molecule has 0 aliphatic rings. The third-order valence-corrected chi connectivity index (χ3v) is 4.88. The molecule has 1 aromatic carbocycles. The number of esters is 1. The van der Waals surface area contributed by atoms with E-state index >= 15 is 0 Å². The summed E-state index contributed by atoms with van der Waals surface area (Å²) in [5, 5.41) is 9.29. The maximum atomic E-state index is 13.2. The van der Waals surface area contributed by atoms with Crippen LogP contribution in [0.25, 0.3) is 0 Å². The molecule has 0 saturated carbocycles. The van der Waals surface area contributed by atoms with E-state index in [0.29, 0.717) is 31.5 Å². The van der Waals surface area contributed by atoms with Crippen LogP contribution in [0.4, 0.5) is 5.69 Å². The number of aliphatic hydroxyl groups is 1. The Morgan fingerprint density at radius 1 is 1.22 bits per heavy atom. The summed E-state index contributed by atoms with van der Waals surface area (Å²) in [6.07, 6.45) is 3.05. The molecule has 0 fully saturated rings. The summed E-state index contributed by atoms with van der Waals surface area (Å²) in [5.74, 6) is -0.267. The minimum atomic E-state index is -0.608. The van der Waals surface area contributed by atoms with Crippen molar-refractivity contribution in [3.63, 3.8) is 0 Å². The van der Waals surface area contributed by atoms with Crippen molar-refractivity contribution in [3.05, 3.63) is 42.5 Å². The van der Waals surface area contributed by atoms with Gasteiger partial charge in [0, 0.05) is 24.7 Å². The van der Waals surface area contributed by atoms with E-state index in [0.717, 1.165) is 5.69 Å². The van der Waals surface area contributed by atoms with Gasteiger partial charge in [0.15, 0.2) is 5.78 Å². The number of ketones is 1. The quantitative estimate of drug-likeness (QED) is 0.343. The maximum absolute atomic E-state index is 13.2. The van der Waals surface area contributed by atoms with Crippen LogP contribution < -0.4 is 4.90 Å². The van der Waals surface area contributed by atoms with Gasteiger partial charge in [-0.3, -0.25) is 14.5 Å². The summed E-state index contributed by atoms with van der Waals surface area (Å²) < 4.78 is 4.98. The zero-order valence-corrected chi connectivity index (χ0v) is 16.9. The van der Waals surface area contributed by atoms with Crippen LogP contribution in [-0.4, -0.2) is 67.7 Å². The van der Waals surface area contributed by atoms with Gasteiger partial charge in [-0.1, -0.05) is 13.0 Å². The number of Topliss-reactive ketones (excluding diaryl/α,β-unsaturated/α-hetero) is 1. The highest BCUT2D eigenvalue weighted by Gasteiger charge is 2.38. The van der Waals surface area contributed by atoms with E-state index in [4.69, 9.17) is 4.74 Å². The van der Waals surface area contributed by atoms with Gasteiger partial charge < -0.3 is 14.7 Å². The van der Waals surface area contributed by atoms with Gasteiger partial charge in [0.25, 0.3) is 0 Å². The summed E-state index contributed by atoms with van der Waals surface area (Å²) in [6, 6.07) is 7.34. The Balaban J connectivity index is 3.01. The molecule has 1 atom stereocenters. The molecule has 1 aromatic rings. The lowest BCUT2D eigenvalue weighted by Crippen LogP contribution is -2.50. The molecule has 0 aromatic heterocycles. The van der Waals surface area contributed by atoms with Gasteiger partial charge in [0.1, 0.15) is 6.61 Å². The van der Waals surface area contributed by atoms with Gasteiger partial charge >= 0.3 is 5.97 Å². The lowest BCUT2D eigenvalue weighted by atomic mass is 9.82. The molecule has 0 heterocycles. The number of ether oxygens (including phenoxy) is 1. The van der Waals surface area contributed by atoms with Gasteiger partial charge in [-0.25, -0.2) is 0 Å². The Hall–Kier alpha value is -2.18. The van der Waals surface area contributed by atoms with E-state index in [-0.39, 0.29) is 25.0 Å². The smallest absolute Gasteiger partial charge is 0.302 e. The number of hydrogen-bond donors (Lipinski definition) is 1. The number of carbonyl (C=O) groups is 2. The first-order chi connectivity index (χ1) is 12.8. The zero-order chi connectivity index (χ0) is 20.4. The Labute approximate surface area is 162 Å². The highest BCUT2D eigenvalue weighted by Crippen LogP contribution is 2.28. The van der Waals surface area contributed by atoms with Crippen molar-refractivity contribution in [1.82, 2.24) is 4.90 Å². The summed E-state index contributed by atoms with van der Waals surface area (Å²) in [4.78, 5) is 28.0. The summed E-state index contributed by atoms with van der Waals surface area (Å²) in [5.41, 5.74) is 0.895. The number of rotatable bonds is 12. The van der Waals surface area contributed by atoms with E-state index in [2.05, 4.69) is 6.58 Å². The maximum Gasteiger partial charge on any atom is 0.302 e. The molecule has 1 N–H and O–H groups in total. The van der Waals surface area contributed by atoms with Crippen LogP contribution in [-0.2, 0) is 9.53 Å². The van der Waals surface area contributed by atoms with Crippen molar-refractivity contribution in [2.75, 3.05) is 45.3 Å². The fourth-order valence-corrected chi connectivity index (χ4v) is 3.22. The Morgan fingerprint density at radius 3 is 2.30 bits per heavy atom. The molecule has 0 radical (unpaired) electrons. The van der Waals surface area contributed by atoms with Crippen LogP contribution in [0.3, 0.4) is 0 Å². The molecule has 1 rings (SSSR count). The van der Waals surface area contributed by atoms with Crippen molar-refractivity contribution in [3.8, 4) is 0 Å². The molecule has 6 nitrogen and oxygen atoms in total. The highest BCUT2D eigenvalue weighted by molar-refractivity contribution is 6.03. The number of anilines is 1. The van der Waals surface area contributed by atoms with Crippen molar-refractivity contribution in [2.45, 2.75) is 32.2 Å². The lowest BCUT2D eigenvalue weighted by Gasteiger charge is -2.37. The average Bonchev–Trinajstić information content (AvgIpc) is 2.64. The van der Waals surface area contributed by atoms with E-state index in [1.807, 2.05) is 55.1 Å². The fraction of sp³-hybridized carbons (Fsp3) is 0.524. The number of likely N-dealkylation sites (N-methyl/N-ethyl adjacent to an activating group) is 1. The number of nitrogens with zero attached hydrogens (tertiary/aromatic N) is 2. The summed E-state index contributed by atoms with van der Waals surface area (Å²) in [7, 11) is 3.83. The van der Waals surface area contributed by atoms with Crippen LogP contribution >= 0.6 is 0 Å². The molecule has 150 valence electrons. The van der Waals surface area contributed by atoms with E-state index in [1.165, 1.54) is 6.92 Å². The third kappa shape index (κ3) is 5.91. The standard InChI is InChI=1S/C21H32N2O4/c1-6-12-21(7-2,22(4)5)20(26)18-8-10-19(11-9-18)23(13-15-24)14-16-27-17(3)25/h6,8-11,24H,1,7,12-16H2,2-5H3. The molecule has 1 unspecified atom stereocenters. The lowest BCUT2D eigenvalue weighted by molar-refractivity contribution is -0.140. The Kier molecular flexibility index (Phi) is 9.18. The molecule has 27 heavy (non-hydrogen) atoms. The van der Waals surface area contributed by atoms with Gasteiger partial charge in [-0.2, -0.15) is 0 Å². The predicted octanol–water partition coefficient (Wildman–Crippen LogP) is 2.52. The second-order valence-electron chi connectivity index (χ2n) is 6.70. The molecule has 0 amide bonds. The van der Waals surface area contributed by atoms with Crippen molar-refractivity contribution < 1.29 is 19.4 Å². The normalized spacial score (nSPS) is 13.1. The number of hydrogen-bond acceptors (Lipinski definition) is 6. The summed E-state index contributed by atoms with van der Waals surface area (Å²) in [6.45, 7) is 8.30. The van der Waals surface area contributed by atoms with E-state index in [9.17, 15) is 14.7 Å². The number of aliphatic hydroxyl groups excluding tert-OH is 1. The Bertz CT molecular complexity index is 628. The van der Waals surface area contributed by atoms with E-state index < -0.39 is 5.54 Å². The van der Waals surface area contributed by atoms with Gasteiger partial charge in [-0.15, -0.1) is 6.58 Å². The topological polar surface area (TPSA) is 70.1 Å². The van der Waals surface area contributed by atoms with Crippen molar-refractivity contribution >= 4 is 17.4 Å². The van der Waals surface area contributed by atoms with Crippen LogP contribution in [0.1, 0.15) is 37.0 Å². The first-order valence-electron chi connectivity index (χ1n) is 9.24. The van der Waals surface area contributed by atoms with Crippen LogP contribution in [0.2, 0.25) is 0 Å². The Morgan fingerprint density at radius 2 is 1.85 bits per heavy atom. The SMILES string of the molecule is C=CCC(CC)(C(=O)c1ccc(N(CCO)CCOC(C)=O)cc1)N(C)C. The van der Waals surface area contributed by atoms with Gasteiger partial charge in [0.05, 0.1) is 18.7 Å². The molecule has 0 bridgehead atoms. The zero-order valence-electron chi connectivity index (χ0n) is 16.9. The van der Waals surface area contributed by atoms with Gasteiger partial charge in [-0.05, 0) is 51.2 Å². The predicted molar refractivity (Wildman–Crippen MR) is 108 cm³/mol. The van der Waals surface area contributed by atoms with Crippen molar-refractivity contribution in [2.24, 2.45) is 0 Å². The second-order valence-corrected chi connectivity index (χ2v) is 6.70. The van der Waals surface area contributed by atoms with Crippen LogP contribution in [0.5, 0.6) is 0 Å². The average molecular weight is 376 g/mol. The molecule has 0 spiro atoms. The molecule has 0 aliphatic carbocycles. The van der Waals surface area contributed by atoms with Gasteiger partial charge in [0.2, 0.25) is 0 Å².